The number of amides is 1. The first-order valence-corrected chi connectivity index (χ1v) is 10.5. The number of pyridine rings is 1. The summed E-state index contributed by atoms with van der Waals surface area (Å²) >= 11 is 0. The van der Waals surface area contributed by atoms with Gasteiger partial charge >= 0.3 is 0 Å². The summed E-state index contributed by atoms with van der Waals surface area (Å²) in [6.07, 6.45) is 0.803. The SMILES string of the molecule is CC[C@H](NC(=O)c1c(C)c(-c2ccccc2)nc2cc(OC)ccc12)c1ccccc1. The second-order valence-electron chi connectivity index (χ2n) is 7.55. The Morgan fingerprint density at radius 3 is 2.32 bits per heavy atom. The number of carbonyl (C=O) groups excluding carboxylic acids is 1. The Bertz CT molecular complexity index is 1200. The molecule has 4 heteroatoms. The van der Waals surface area contributed by atoms with Crippen LogP contribution in [0, 0.1) is 6.92 Å². The molecule has 0 fully saturated rings. The molecule has 0 aliphatic rings. The normalized spacial score (nSPS) is 11.8. The van der Waals surface area contributed by atoms with Gasteiger partial charge in [-0.3, -0.25) is 4.79 Å². The Balaban J connectivity index is 1.85. The number of aromatic nitrogens is 1. The number of nitrogens with one attached hydrogen (secondary N) is 1. The summed E-state index contributed by atoms with van der Waals surface area (Å²) in [5, 5.41) is 4.06. The molecule has 4 nitrogen and oxygen atoms in total. The Kier molecular flexibility index (Phi) is 5.99. The Labute approximate surface area is 182 Å². The number of rotatable bonds is 6. The lowest BCUT2D eigenvalue weighted by Gasteiger charge is -2.20. The van der Waals surface area contributed by atoms with Gasteiger partial charge < -0.3 is 10.1 Å². The molecule has 4 rings (SSSR count). The molecule has 156 valence electrons. The second-order valence-corrected chi connectivity index (χ2v) is 7.55. The van der Waals surface area contributed by atoms with E-state index >= 15 is 0 Å². The van der Waals surface area contributed by atoms with Gasteiger partial charge in [0.05, 0.1) is 29.9 Å². The summed E-state index contributed by atoms with van der Waals surface area (Å²) in [5.41, 5.74) is 5.14. The van der Waals surface area contributed by atoms with Gasteiger partial charge in [0.15, 0.2) is 0 Å². The van der Waals surface area contributed by atoms with Gasteiger partial charge in [0.1, 0.15) is 5.75 Å². The minimum atomic E-state index is -0.0945. The monoisotopic (exact) mass is 410 g/mol. The molecule has 1 N–H and O–H groups in total. The van der Waals surface area contributed by atoms with E-state index in [0.717, 1.165) is 39.7 Å². The summed E-state index contributed by atoms with van der Waals surface area (Å²) in [7, 11) is 1.63. The van der Waals surface area contributed by atoms with Crippen LogP contribution in [0.1, 0.15) is 40.9 Å². The van der Waals surface area contributed by atoms with Gasteiger partial charge in [-0.15, -0.1) is 0 Å². The van der Waals surface area contributed by atoms with Crippen molar-refractivity contribution in [2.75, 3.05) is 7.11 Å². The summed E-state index contributed by atoms with van der Waals surface area (Å²) in [4.78, 5) is 18.5. The molecule has 31 heavy (non-hydrogen) atoms. The van der Waals surface area contributed by atoms with Crippen LogP contribution < -0.4 is 10.1 Å². The lowest BCUT2D eigenvalue weighted by Crippen LogP contribution is -2.29. The average Bonchev–Trinajstić information content (AvgIpc) is 2.82. The quantitative estimate of drug-likeness (QED) is 0.418. The van der Waals surface area contributed by atoms with E-state index in [2.05, 4.69) is 12.2 Å². The van der Waals surface area contributed by atoms with Crippen LogP contribution in [0.2, 0.25) is 0 Å². The van der Waals surface area contributed by atoms with Crippen LogP contribution in [0.5, 0.6) is 5.75 Å². The fraction of sp³-hybridized carbons (Fsp3) is 0.185. The van der Waals surface area contributed by atoms with Gasteiger partial charge in [0.25, 0.3) is 5.91 Å². The van der Waals surface area contributed by atoms with Crippen molar-refractivity contribution in [1.29, 1.82) is 0 Å². The molecule has 0 unspecified atom stereocenters. The van der Waals surface area contributed by atoms with Crippen molar-refractivity contribution in [2.45, 2.75) is 26.3 Å². The van der Waals surface area contributed by atoms with E-state index in [1.54, 1.807) is 7.11 Å². The van der Waals surface area contributed by atoms with E-state index < -0.39 is 0 Å². The molecular formula is C27H26N2O2. The minimum Gasteiger partial charge on any atom is -0.497 e. The Hall–Kier alpha value is -3.66. The molecule has 1 aromatic heterocycles. The maximum atomic E-state index is 13.6. The molecule has 0 aliphatic carbocycles. The lowest BCUT2D eigenvalue weighted by atomic mass is 9.96. The third-order valence-corrected chi connectivity index (χ3v) is 5.63. The van der Waals surface area contributed by atoms with E-state index in [1.165, 1.54) is 0 Å². The third kappa shape index (κ3) is 4.15. The largest absolute Gasteiger partial charge is 0.497 e. The highest BCUT2D eigenvalue weighted by atomic mass is 16.5. The van der Waals surface area contributed by atoms with Crippen molar-refractivity contribution in [2.24, 2.45) is 0 Å². The van der Waals surface area contributed by atoms with Gasteiger partial charge in [-0.2, -0.15) is 0 Å². The van der Waals surface area contributed by atoms with Gasteiger partial charge in [-0.25, -0.2) is 4.98 Å². The topological polar surface area (TPSA) is 51.2 Å². The highest BCUT2D eigenvalue weighted by molar-refractivity contribution is 6.09. The van der Waals surface area contributed by atoms with Crippen molar-refractivity contribution >= 4 is 16.8 Å². The van der Waals surface area contributed by atoms with Crippen LogP contribution in [0.3, 0.4) is 0 Å². The maximum absolute atomic E-state index is 13.6. The summed E-state index contributed by atoms with van der Waals surface area (Å²) in [6.45, 7) is 4.05. The molecule has 1 heterocycles. The Morgan fingerprint density at radius 1 is 1.00 bits per heavy atom. The molecule has 0 radical (unpaired) electrons. The number of hydrogen-bond acceptors (Lipinski definition) is 3. The zero-order valence-corrected chi connectivity index (χ0v) is 18.1. The number of ether oxygens (including phenoxy) is 1. The number of fused-ring (bicyclic) bond motifs is 1. The lowest BCUT2D eigenvalue weighted by molar-refractivity contribution is 0.0936. The van der Waals surface area contributed by atoms with Gasteiger partial charge in [0.2, 0.25) is 0 Å². The minimum absolute atomic E-state index is 0.0604. The van der Waals surface area contributed by atoms with Crippen LogP contribution in [-0.2, 0) is 0 Å². The van der Waals surface area contributed by atoms with Gasteiger partial charge in [0, 0.05) is 17.0 Å². The molecule has 0 saturated carbocycles. The molecule has 0 spiro atoms. The van der Waals surface area contributed by atoms with Crippen LogP contribution in [-0.4, -0.2) is 18.0 Å². The van der Waals surface area contributed by atoms with E-state index in [4.69, 9.17) is 9.72 Å². The molecule has 1 atom stereocenters. The summed E-state index contributed by atoms with van der Waals surface area (Å²) in [5.74, 6) is 0.618. The fourth-order valence-electron chi connectivity index (χ4n) is 3.97. The number of nitrogens with zero attached hydrogens (tertiary/aromatic N) is 1. The van der Waals surface area contributed by atoms with Crippen molar-refractivity contribution in [1.82, 2.24) is 10.3 Å². The third-order valence-electron chi connectivity index (χ3n) is 5.63. The highest BCUT2D eigenvalue weighted by Gasteiger charge is 2.22. The molecule has 0 aliphatic heterocycles. The predicted molar refractivity (Wildman–Crippen MR) is 125 cm³/mol. The summed E-state index contributed by atoms with van der Waals surface area (Å²) in [6, 6.07) is 25.7. The predicted octanol–water partition coefficient (Wildman–Crippen LogP) is 6.10. The van der Waals surface area contributed by atoms with Gasteiger partial charge in [-0.1, -0.05) is 67.6 Å². The molecule has 4 aromatic rings. The van der Waals surface area contributed by atoms with Crippen LogP contribution in [0.25, 0.3) is 22.2 Å². The first kappa shape index (κ1) is 20.6. The molecule has 1 amide bonds. The van der Waals surface area contributed by atoms with E-state index in [1.807, 2.05) is 85.8 Å². The van der Waals surface area contributed by atoms with E-state index in [-0.39, 0.29) is 11.9 Å². The highest BCUT2D eigenvalue weighted by Crippen LogP contribution is 2.32. The van der Waals surface area contributed by atoms with Crippen molar-refractivity contribution in [3.8, 4) is 17.0 Å². The number of benzene rings is 3. The van der Waals surface area contributed by atoms with Gasteiger partial charge in [-0.05, 0) is 36.6 Å². The van der Waals surface area contributed by atoms with Crippen molar-refractivity contribution < 1.29 is 9.53 Å². The first-order chi connectivity index (χ1) is 15.1. The van der Waals surface area contributed by atoms with Crippen LogP contribution in [0.15, 0.2) is 78.9 Å². The van der Waals surface area contributed by atoms with Crippen molar-refractivity contribution in [3.63, 3.8) is 0 Å². The maximum Gasteiger partial charge on any atom is 0.252 e. The van der Waals surface area contributed by atoms with E-state index in [9.17, 15) is 4.79 Å². The zero-order valence-electron chi connectivity index (χ0n) is 18.1. The molecule has 3 aromatic carbocycles. The molecule has 0 bridgehead atoms. The van der Waals surface area contributed by atoms with Crippen molar-refractivity contribution in [3.05, 3.63) is 95.6 Å². The first-order valence-electron chi connectivity index (χ1n) is 10.5. The molecular weight excluding hydrogens is 384 g/mol. The standard InChI is InChI=1S/C27H26N2O2/c1-4-23(19-11-7-5-8-12-19)29-27(30)25-18(2)26(20-13-9-6-10-14-20)28-24-17-21(31-3)15-16-22(24)25/h5-17,23H,4H2,1-3H3,(H,29,30)/t23-/m0/s1. The fourth-order valence-corrected chi connectivity index (χ4v) is 3.97. The van der Waals surface area contributed by atoms with Crippen LogP contribution >= 0.6 is 0 Å². The number of carbonyl (C=O) groups is 1. The molecule has 0 saturated heterocycles. The average molecular weight is 411 g/mol. The zero-order chi connectivity index (χ0) is 21.8. The number of hydrogen-bond donors (Lipinski definition) is 1. The second kappa shape index (κ2) is 9.00. The smallest absolute Gasteiger partial charge is 0.252 e. The Morgan fingerprint density at radius 2 is 1.68 bits per heavy atom. The van der Waals surface area contributed by atoms with E-state index in [0.29, 0.717) is 11.3 Å². The summed E-state index contributed by atoms with van der Waals surface area (Å²) < 4.78 is 5.40. The van der Waals surface area contributed by atoms with Crippen LogP contribution in [0.4, 0.5) is 0 Å². The number of methoxy groups -OCH3 is 1.